The first-order chi connectivity index (χ1) is 19.8. The van der Waals surface area contributed by atoms with Gasteiger partial charge in [0.1, 0.15) is 11.2 Å². The Morgan fingerprint density at radius 1 is 0.857 bits per heavy atom. The van der Waals surface area contributed by atoms with Gasteiger partial charge in [-0.15, -0.1) is 0 Å². The van der Waals surface area contributed by atoms with E-state index in [2.05, 4.69) is 34.2 Å². The molecule has 2 aromatic carbocycles. The molecule has 0 aromatic heterocycles. The van der Waals surface area contributed by atoms with Crippen LogP contribution in [0.25, 0.3) is 0 Å². The van der Waals surface area contributed by atoms with Gasteiger partial charge in [-0.1, -0.05) is 24.0 Å². The number of nitrogens with zero attached hydrogens (tertiary/aromatic N) is 1. The predicted molar refractivity (Wildman–Crippen MR) is 159 cm³/mol. The molecule has 1 saturated heterocycles. The molecule has 0 radical (unpaired) electrons. The molecule has 0 saturated carbocycles. The van der Waals surface area contributed by atoms with Crippen molar-refractivity contribution in [3.8, 4) is 11.8 Å². The Balaban J connectivity index is 1.52. The number of rotatable bonds is 8. The van der Waals surface area contributed by atoms with E-state index in [1.807, 2.05) is 12.1 Å². The first kappa shape index (κ1) is 32.6. The Morgan fingerprint density at radius 2 is 1.40 bits per heavy atom. The second kappa shape index (κ2) is 14.9. The summed E-state index contributed by atoms with van der Waals surface area (Å²) in [4.78, 5) is 39.9. The van der Waals surface area contributed by atoms with Gasteiger partial charge in [0.15, 0.2) is 0 Å². The number of ether oxygens (including phenoxy) is 4. The summed E-state index contributed by atoms with van der Waals surface area (Å²) in [5.41, 5.74) is 1.82. The molecule has 9 nitrogen and oxygen atoms in total. The minimum Gasteiger partial charge on any atom is -0.457 e. The fraction of sp³-hybridized carbons (Fsp3) is 0.485. The average molecular weight is 579 g/mol. The second-order valence-corrected chi connectivity index (χ2v) is 12.1. The number of nitrogens with one attached hydrogen (secondary N) is 1. The molecular weight excluding hydrogens is 536 g/mol. The lowest BCUT2D eigenvalue weighted by Gasteiger charge is -2.26. The highest BCUT2D eigenvalue weighted by Crippen LogP contribution is 2.15. The van der Waals surface area contributed by atoms with Crippen LogP contribution < -0.4 is 5.32 Å². The number of carbonyl (C=O) groups is 3. The van der Waals surface area contributed by atoms with Crippen LogP contribution in [0, 0.1) is 11.8 Å². The maximum Gasteiger partial charge on any atom is 0.509 e. The van der Waals surface area contributed by atoms with E-state index in [0.717, 1.165) is 44.0 Å². The Morgan fingerprint density at radius 3 is 1.95 bits per heavy atom. The van der Waals surface area contributed by atoms with Crippen LogP contribution in [0.3, 0.4) is 0 Å². The van der Waals surface area contributed by atoms with Crippen molar-refractivity contribution in [1.29, 1.82) is 0 Å². The standard InChI is InChI=1S/C33H42N2O7/c1-32(2,3)41-30(37)28(40-31(38)42-33(4,5)6)17-18-34-29(36)27-15-13-25(14-16-27)8-7-24-9-11-26(12-10-24)23-35-19-21-39-22-20-35/h9-16,28H,17-23H2,1-6H3,(H,34,36). The minimum absolute atomic E-state index is 0.0225. The number of morpholine rings is 1. The summed E-state index contributed by atoms with van der Waals surface area (Å²) in [7, 11) is 0. The van der Waals surface area contributed by atoms with E-state index in [9.17, 15) is 14.4 Å². The van der Waals surface area contributed by atoms with Crippen LogP contribution in [0.15, 0.2) is 48.5 Å². The molecule has 0 spiro atoms. The highest BCUT2D eigenvalue weighted by Gasteiger charge is 2.30. The molecule has 1 N–H and O–H groups in total. The van der Waals surface area contributed by atoms with E-state index >= 15 is 0 Å². The average Bonchev–Trinajstić information content (AvgIpc) is 2.91. The third-order valence-corrected chi connectivity index (χ3v) is 5.95. The van der Waals surface area contributed by atoms with Crippen LogP contribution >= 0.6 is 0 Å². The molecule has 1 atom stereocenters. The van der Waals surface area contributed by atoms with Crippen LogP contribution in [-0.2, 0) is 30.3 Å². The van der Waals surface area contributed by atoms with Crippen molar-refractivity contribution in [2.24, 2.45) is 0 Å². The summed E-state index contributed by atoms with van der Waals surface area (Å²) in [6.07, 6.45) is -2.19. The molecule has 0 aliphatic carbocycles. The highest BCUT2D eigenvalue weighted by molar-refractivity contribution is 5.94. The molecule has 1 aliphatic rings. The maximum atomic E-state index is 12.7. The van der Waals surface area contributed by atoms with Crippen molar-refractivity contribution >= 4 is 18.0 Å². The lowest BCUT2D eigenvalue weighted by atomic mass is 10.1. The molecule has 226 valence electrons. The molecule has 1 unspecified atom stereocenters. The molecule has 1 aliphatic heterocycles. The Bertz CT molecular complexity index is 1260. The summed E-state index contributed by atoms with van der Waals surface area (Å²) < 4.78 is 21.2. The molecule has 1 fully saturated rings. The number of amides is 1. The summed E-state index contributed by atoms with van der Waals surface area (Å²) in [6, 6.07) is 15.2. The van der Waals surface area contributed by atoms with Gasteiger partial charge < -0.3 is 24.3 Å². The number of carbonyl (C=O) groups excluding carboxylic acids is 3. The first-order valence-electron chi connectivity index (χ1n) is 14.2. The van der Waals surface area contributed by atoms with Gasteiger partial charge in [0, 0.05) is 49.3 Å². The second-order valence-electron chi connectivity index (χ2n) is 12.1. The zero-order valence-electron chi connectivity index (χ0n) is 25.5. The Labute approximate surface area is 248 Å². The van der Waals surface area contributed by atoms with E-state index < -0.39 is 29.4 Å². The van der Waals surface area contributed by atoms with E-state index in [-0.39, 0.29) is 18.9 Å². The Kier molecular flexibility index (Phi) is 11.5. The van der Waals surface area contributed by atoms with Crippen LogP contribution in [-0.4, -0.2) is 73.1 Å². The molecule has 3 rings (SSSR count). The zero-order chi connectivity index (χ0) is 30.8. The van der Waals surface area contributed by atoms with Crippen LogP contribution in [0.1, 0.15) is 75.0 Å². The van der Waals surface area contributed by atoms with Crippen molar-refractivity contribution in [2.45, 2.75) is 71.8 Å². The summed E-state index contributed by atoms with van der Waals surface area (Å²) in [5.74, 6) is 5.26. The van der Waals surface area contributed by atoms with E-state index in [4.69, 9.17) is 18.9 Å². The largest absolute Gasteiger partial charge is 0.509 e. The van der Waals surface area contributed by atoms with Gasteiger partial charge in [-0.25, -0.2) is 9.59 Å². The van der Waals surface area contributed by atoms with E-state index in [0.29, 0.717) is 5.56 Å². The number of esters is 1. The molecule has 1 heterocycles. The minimum atomic E-state index is -1.23. The monoisotopic (exact) mass is 578 g/mol. The zero-order valence-corrected chi connectivity index (χ0v) is 25.5. The van der Waals surface area contributed by atoms with Gasteiger partial charge in [-0.3, -0.25) is 9.69 Å². The smallest absolute Gasteiger partial charge is 0.457 e. The lowest BCUT2D eigenvalue weighted by Crippen LogP contribution is -2.38. The highest BCUT2D eigenvalue weighted by atomic mass is 16.7. The van der Waals surface area contributed by atoms with Gasteiger partial charge >= 0.3 is 12.1 Å². The fourth-order valence-electron chi connectivity index (χ4n) is 3.96. The SMILES string of the molecule is CC(C)(C)OC(=O)OC(CCNC(=O)c1ccc(C#Cc2ccc(CN3CCOCC3)cc2)cc1)C(=O)OC(C)(C)C. The number of hydrogen-bond donors (Lipinski definition) is 1. The molecular formula is C33H42N2O7. The van der Waals surface area contributed by atoms with Gasteiger partial charge in [0.05, 0.1) is 13.2 Å². The van der Waals surface area contributed by atoms with Crippen molar-refractivity contribution in [1.82, 2.24) is 10.2 Å². The number of benzene rings is 2. The molecule has 9 heteroatoms. The van der Waals surface area contributed by atoms with Gasteiger partial charge in [-0.05, 0) is 83.5 Å². The van der Waals surface area contributed by atoms with Gasteiger partial charge in [0.2, 0.25) is 6.10 Å². The van der Waals surface area contributed by atoms with Crippen molar-refractivity contribution in [3.63, 3.8) is 0 Å². The predicted octanol–water partition coefficient (Wildman–Crippen LogP) is 4.70. The van der Waals surface area contributed by atoms with E-state index in [1.54, 1.807) is 65.8 Å². The Hall–Kier alpha value is -3.87. The summed E-state index contributed by atoms with van der Waals surface area (Å²) in [5, 5.41) is 2.76. The molecule has 1 amide bonds. The first-order valence-corrected chi connectivity index (χ1v) is 14.2. The van der Waals surface area contributed by atoms with Crippen molar-refractivity contribution in [3.05, 3.63) is 70.8 Å². The molecule has 0 bridgehead atoms. The third-order valence-electron chi connectivity index (χ3n) is 5.95. The third kappa shape index (κ3) is 11.9. The van der Waals surface area contributed by atoms with Crippen molar-refractivity contribution in [2.75, 3.05) is 32.8 Å². The topological polar surface area (TPSA) is 103 Å². The normalized spacial score (nSPS) is 14.6. The van der Waals surface area contributed by atoms with Crippen molar-refractivity contribution < 1.29 is 33.3 Å². The lowest BCUT2D eigenvalue weighted by molar-refractivity contribution is -0.167. The quantitative estimate of drug-likeness (QED) is 0.355. The van der Waals surface area contributed by atoms with Crippen LogP contribution in [0.4, 0.5) is 4.79 Å². The summed E-state index contributed by atoms with van der Waals surface area (Å²) in [6.45, 7) is 14.7. The van der Waals surface area contributed by atoms with Crippen LogP contribution in [0.5, 0.6) is 0 Å². The molecule has 42 heavy (non-hydrogen) atoms. The number of hydrogen-bond acceptors (Lipinski definition) is 8. The fourth-order valence-corrected chi connectivity index (χ4v) is 3.96. The van der Waals surface area contributed by atoms with Gasteiger partial charge in [-0.2, -0.15) is 0 Å². The van der Waals surface area contributed by atoms with E-state index in [1.165, 1.54) is 5.56 Å². The summed E-state index contributed by atoms with van der Waals surface area (Å²) >= 11 is 0. The van der Waals surface area contributed by atoms with Gasteiger partial charge in [0.25, 0.3) is 5.91 Å². The maximum absolute atomic E-state index is 12.7. The molecule has 2 aromatic rings. The van der Waals surface area contributed by atoms with Crippen LogP contribution in [0.2, 0.25) is 0 Å².